The van der Waals surface area contributed by atoms with Crippen molar-refractivity contribution in [2.24, 2.45) is 5.73 Å². The van der Waals surface area contributed by atoms with Crippen LogP contribution in [0, 0.1) is 0 Å². The van der Waals surface area contributed by atoms with Gasteiger partial charge < -0.3 is 10.5 Å². The summed E-state index contributed by atoms with van der Waals surface area (Å²) in [4.78, 5) is 2.52. The van der Waals surface area contributed by atoms with E-state index in [0.29, 0.717) is 19.2 Å². The predicted octanol–water partition coefficient (Wildman–Crippen LogP) is 2.52. The van der Waals surface area contributed by atoms with E-state index < -0.39 is 0 Å². The number of nitrogens with two attached hydrogens (primary N) is 1. The van der Waals surface area contributed by atoms with Crippen LogP contribution in [0.3, 0.4) is 0 Å². The highest BCUT2D eigenvalue weighted by Gasteiger charge is 2.20. The van der Waals surface area contributed by atoms with Crippen molar-refractivity contribution >= 4 is 11.8 Å². The van der Waals surface area contributed by atoms with Gasteiger partial charge in [0.15, 0.2) is 0 Å². The normalized spacial score (nSPS) is 18.8. The van der Waals surface area contributed by atoms with E-state index in [2.05, 4.69) is 17.0 Å². The van der Waals surface area contributed by atoms with Crippen LogP contribution >= 0.6 is 11.8 Å². The van der Waals surface area contributed by atoms with Gasteiger partial charge in [0.2, 0.25) is 0 Å². The Bertz CT molecular complexity index is 361. The summed E-state index contributed by atoms with van der Waals surface area (Å²) in [7, 11) is 0. The summed E-state index contributed by atoms with van der Waals surface area (Å²) >= 11 is 2.05. The number of nitrogens with zero attached hydrogens (tertiary/aromatic N) is 1. The molecule has 2 N–H and O–H groups in total. The molecule has 1 aliphatic heterocycles. The molecule has 1 aromatic rings. The molecule has 106 valence electrons. The highest BCUT2D eigenvalue weighted by atomic mass is 32.2. The minimum atomic E-state index is 0.342. The SMILES string of the molecule is CCOc1ccc(C(CN)N2CCCSCC2)cc1. The van der Waals surface area contributed by atoms with Crippen molar-refractivity contribution in [3.8, 4) is 5.75 Å². The van der Waals surface area contributed by atoms with Gasteiger partial charge in [-0.2, -0.15) is 11.8 Å². The Balaban J connectivity index is 2.06. The Labute approximate surface area is 120 Å². The zero-order valence-electron chi connectivity index (χ0n) is 11.7. The van der Waals surface area contributed by atoms with Crippen molar-refractivity contribution < 1.29 is 4.74 Å². The highest BCUT2D eigenvalue weighted by Crippen LogP contribution is 2.24. The van der Waals surface area contributed by atoms with E-state index in [9.17, 15) is 0 Å². The maximum absolute atomic E-state index is 6.00. The molecule has 0 amide bonds. The number of hydrogen-bond acceptors (Lipinski definition) is 4. The number of rotatable bonds is 5. The lowest BCUT2D eigenvalue weighted by Crippen LogP contribution is -2.35. The molecule has 0 bridgehead atoms. The molecule has 0 aromatic heterocycles. The molecule has 1 atom stereocenters. The van der Waals surface area contributed by atoms with Crippen molar-refractivity contribution in [2.45, 2.75) is 19.4 Å². The molecule has 1 heterocycles. The summed E-state index contributed by atoms with van der Waals surface area (Å²) in [5.74, 6) is 3.43. The second-order valence-corrected chi connectivity index (χ2v) is 5.98. The van der Waals surface area contributed by atoms with E-state index in [1.807, 2.05) is 30.8 Å². The molecule has 0 aliphatic carbocycles. The Morgan fingerprint density at radius 1 is 1.26 bits per heavy atom. The molecule has 4 heteroatoms. The van der Waals surface area contributed by atoms with Gasteiger partial charge in [0, 0.05) is 24.9 Å². The average molecular weight is 280 g/mol. The lowest BCUT2D eigenvalue weighted by Gasteiger charge is -2.29. The Morgan fingerprint density at radius 2 is 2.05 bits per heavy atom. The summed E-state index contributed by atoms with van der Waals surface area (Å²) in [6.45, 7) is 5.69. The van der Waals surface area contributed by atoms with Crippen molar-refractivity contribution in [3.05, 3.63) is 29.8 Å². The molecule has 19 heavy (non-hydrogen) atoms. The summed E-state index contributed by atoms with van der Waals surface area (Å²) in [5.41, 5.74) is 7.31. The van der Waals surface area contributed by atoms with Crippen LogP contribution in [0.5, 0.6) is 5.75 Å². The predicted molar refractivity (Wildman–Crippen MR) is 82.9 cm³/mol. The fourth-order valence-corrected chi connectivity index (χ4v) is 3.43. The van der Waals surface area contributed by atoms with E-state index in [0.717, 1.165) is 18.8 Å². The molecule has 0 saturated carbocycles. The van der Waals surface area contributed by atoms with Crippen LogP contribution in [0.15, 0.2) is 24.3 Å². The number of hydrogen-bond donors (Lipinski definition) is 1. The Morgan fingerprint density at radius 3 is 2.74 bits per heavy atom. The van der Waals surface area contributed by atoms with E-state index in [1.54, 1.807) is 0 Å². The van der Waals surface area contributed by atoms with Crippen molar-refractivity contribution in [2.75, 3.05) is 37.7 Å². The number of benzene rings is 1. The van der Waals surface area contributed by atoms with Crippen LogP contribution in [0.2, 0.25) is 0 Å². The lowest BCUT2D eigenvalue weighted by molar-refractivity contribution is 0.218. The molecule has 1 unspecified atom stereocenters. The van der Waals surface area contributed by atoms with Crippen molar-refractivity contribution in [1.82, 2.24) is 4.90 Å². The second kappa shape index (κ2) is 7.78. The summed E-state index contributed by atoms with van der Waals surface area (Å²) in [6.07, 6.45) is 1.26. The maximum atomic E-state index is 6.00. The number of thioether (sulfide) groups is 1. The lowest BCUT2D eigenvalue weighted by atomic mass is 10.0. The summed E-state index contributed by atoms with van der Waals surface area (Å²) < 4.78 is 5.49. The fraction of sp³-hybridized carbons (Fsp3) is 0.600. The smallest absolute Gasteiger partial charge is 0.119 e. The average Bonchev–Trinajstić information content (AvgIpc) is 2.71. The van der Waals surface area contributed by atoms with Gasteiger partial charge in [-0.25, -0.2) is 0 Å². The van der Waals surface area contributed by atoms with Crippen LogP contribution in [0.4, 0.5) is 0 Å². The Kier molecular flexibility index (Phi) is 6.01. The zero-order chi connectivity index (χ0) is 13.5. The zero-order valence-corrected chi connectivity index (χ0v) is 12.5. The van der Waals surface area contributed by atoms with Gasteiger partial charge in [0.05, 0.1) is 6.61 Å². The largest absolute Gasteiger partial charge is 0.494 e. The minimum absolute atomic E-state index is 0.342. The first kappa shape index (κ1) is 14.7. The molecule has 1 aliphatic rings. The number of ether oxygens (including phenoxy) is 1. The van der Waals surface area contributed by atoms with Gasteiger partial charge in [0.25, 0.3) is 0 Å². The molecule has 1 fully saturated rings. The molecule has 0 spiro atoms. The summed E-state index contributed by atoms with van der Waals surface area (Å²) in [5, 5.41) is 0. The van der Waals surface area contributed by atoms with Crippen molar-refractivity contribution in [3.63, 3.8) is 0 Å². The topological polar surface area (TPSA) is 38.5 Å². The van der Waals surface area contributed by atoms with E-state index >= 15 is 0 Å². The molecule has 1 aromatic carbocycles. The highest BCUT2D eigenvalue weighted by molar-refractivity contribution is 7.99. The molecular weight excluding hydrogens is 256 g/mol. The fourth-order valence-electron chi connectivity index (χ4n) is 2.53. The van der Waals surface area contributed by atoms with E-state index in [-0.39, 0.29) is 0 Å². The standard InChI is InChI=1S/C15H24N2OS/c1-2-18-14-6-4-13(5-7-14)15(12-16)17-8-3-10-19-11-9-17/h4-7,15H,2-3,8-12,16H2,1H3. The van der Waals surface area contributed by atoms with Gasteiger partial charge in [-0.15, -0.1) is 0 Å². The van der Waals surface area contributed by atoms with Gasteiger partial charge >= 0.3 is 0 Å². The van der Waals surface area contributed by atoms with Crippen LogP contribution in [-0.2, 0) is 0 Å². The third-order valence-corrected chi connectivity index (χ3v) is 4.55. The molecule has 1 saturated heterocycles. The van der Waals surface area contributed by atoms with Crippen LogP contribution in [0.25, 0.3) is 0 Å². The monoisotopic (exact) mass is 280 g/mol. The third-order valence-electron chi connectivity index (χ3n) is 3.50. The first-order chi connectivity index (χ1) is 9.35. The Hall–Kier alpha value is -0.710. The van der Waals surface area contributed by atoms with Gasteiger partial charge in [0.1, 0.15) is 5.75 Å². The first-order valence-electron chi connectivity index (χ1n) is 7.09. The van der Waals surface area contributed by atoms with E-state index in [1.165, 1.54) is 23.5 Å². The van der Waals surface area contributed by atoms with Crippen LogP contribution in [0.1, 0.15) is 24.9 Å². The van der Waals surface area contributed by atoms with Crippen molar-refractivity contribution in [1.29, 1.82) is 0 Å². The second-order valence-electron chi connectivity index (χ2n) is 4.76. The third kappa shape index (κ3) is 4.13. The minimum Gasteiger partial charge on any atom is -0.494 e. The molecule has 2 rings (SSSR count). The van der Waals surface area contributed by atoms with Gasteiger partial charge in [-0.05, 0) is 43.3 Å². The quantitative estimate of drug-likeness (QED) is 0.899. The van der Waals surface area contributed by atoms with Gasteiger partial charge in [-0.1, -0.05) is 12.1 Å². The molecule has 3 nitrogen and oxygen atoms in total. The first-order valence-corrected chi connectivity index (χ1v) is 8.25. The molecule has 0 radical (unpaired) electrons. The maximum Gasteiger partial charge on any atom is 0.119 e. The van der Waals surface area contributed by atoms with Crippen LogP contribution < -0.4 is 10.5 Å². The summed E-state index contributed by atoms with van der Waals surface area (Å²) in [6, 6.07) is 8.75. The van der Waals surface area contributed by atoms with Crippen LogP contribution in [-0.4, -0.2) is 42.6 Å². The molecular formula is C15H24N2OS. The van der Waals surface area contributed by atoms with E-state index in [4.69, 9.17) is 10.5 Å². The van der Waals surface area contributed by atoms with Gasteiger partial charge in [-0.3, -0.25) is 4.90 Å².